The summed E-state index contributed by atoms with van der Waals surface area (Å²) in [7, 11) is 0. The Bertz CT molecular complexity index is 524. The highest BCUT2D eigenvalue weighted by molar-refractivity contribution is 5.99. The van der Waals surface area contributed by atoms with Crippen molar-refractivity contribution in [3.05, 3.63) is 47.5 Å². The molecule has 1 aromatic carbocycles. The summed E-state index contributed by atoms with van der Waals surface area (Å²) in [5.74, 6) is -1.28. The molecule has 4 aliphatic rings. The van der Waals surface area contributed by atoms with Crippen LogP contribution in [-0.2, 0) is 14.3 Å². The average Bonchev–Trinajstić information content (AvgIpc) is 2.68. The van der Waals surface area contributed by atoms with Crippen molar-refractivity contribution in [2.45, 2.75) is 11.8 Å². The van der Waals surface area contributed by atoms with Gasteiger partial charge >= 0.3 is 11.9 Å². The summed E-state index contributed by atoms with van der Waals surface area (Å²) in [6, 6.07) is 8.04. The molecule has 1 fully saturated rings. The first kappa shape index (κ1) is 9.16. The zero-order valence-corrected chi connectivity index (χ0v) is 9.00. The van der Waals surface area contributed by atoms with Gasteiger partial charge in [-0.1, -0.05) is 36.4 Å². The molecule has 1 aliphatic heterocycles. The summed E-state index contributed by atoms with van der Waals surface area (Å²) >= 11 is 0. The van der Waals surface area contributed by atoms with Crippen LogP contribution in [0.3, 0.4) is 0 Å². The zero-order valence-electron chi connectivity index (χ0n) is 9.00. The largest absolute Gasteiger partial charge is 0.393 e. The third kappa shape index (κ3) is 0.971. The summed E-state index contributed by atoms with van der Waals surface area (Å²) in [5.41, 5.74) is 2.35. The van der Waals surface area contributed by atoms with Gasteiger partial charge in [-0.3, -0.25) is 9.59 Å². The van der Waals surface area contributed by atoms with Crippen LogP contribution < -0.4 is 0 Å². The molecule has 2 bridgehead atoms. The number of benzene rings is 1. The fourth-order valence-corrected chi connectivity index (χ4v) is 3.46. The molecule has 0 N–H and O–H groups in total. The zero-order chi connectivity index (χ0) is 11.6. The molecule has 4 atom stereocenters. The van der Waals surface area contributed by atoms with E-state index in [0.717, 1.165) is 0 Å². The van der Waals surface area contributed by atoms with E-state index in [-0.39, 0.29) is 35.6 Å². The third-order valence-corrected chi connectivity index (χ3v) is 4.15. The van der Waals surface area contributed by atoms with E-state index in [1.165, 1.54) is 11.1 Å². The lowest BCUT2D eigenvalue weighted by Gasteiger charge is -2.39. The lowest BCUT2D eigenvalue weighted by Crippen LogP contribution is -2.36. The topological polar surface area (TPSA) is 43.4 Å². The molecule has 0 unspecified atom stereocenters. The number of ether oxygens (including phenoxy) is 1. The van der Waals surface area contributed by atoms with Crippen molar-refractivity contribution in [3.8, 4) is 0 Å². The normalized spacial score (nSPS) is 36.7. The second kappa shape index (κ2) is 2.86. The van der Waals surface area contributed by atoms with Crippen molar-refractivity contribution < 1.29 is 14.3 Å². The van der Waals surface area contributed by atoms with E-state index in [0.29, 0.717) is 0 Å². The Morgan fingerprint density at radius 3 is 1.76 bits per heavy atom. The molecule has 3 aliphatic carbocycles. The molecule has 1 heterocycles. The summed E-state index contributed by atoms with van der Waals surface area (Å²) < 4.78 is 4.80. The van der Waals surface area contributed by atoms with Gasteiger partial charge in [0, 0.05) is 11.8 Å². The molecular formula is C14H10O3. The Morgan fingerprint density at radius 2 is 1.29 bits per heavy atom. The standard InChI is InChI=1S/C14H10O3/c15-13-11-9-5-6-10(12(11)14(16)17-13)8-4-2-1-3-7(8)9/h1-6,9-12H/t9-,10+,11-,12+. The second-order valence-corrected chi connectivity index (χ2v) is 4.86. The van der Waals surface area contributed by atoms with E-state index >= 15 is 0 Å². The van der Waals surface area contributed by atoms with E-state index in [4.69, 9.17) is 4.74 Å². The Hall–Kier alpha value is -1.90. The van der Waals surface area contributed by atoms with Gasteiger partial charge in [0.25, 0.3) is 0 Å². The fraction of sp³-hybridized carbons (Fsp3) is 0.286. The van der Waals surface area contributed by atoms with Crippen LogP contribution in [0.15, 0.2) is 36.4 Å². The molecule has 84 valence electrons. The monoisotopic (exact) mass is 226 g/mol. The molecule has 3 nitrogen and oxygen atoms in total. The Balaban J connectivity index is 1.97. The van der Waals surface area contributed by atoms with Gasteiger partial charge in [-0.15, -0.1) is 0 Å². The van der Waals surface area contributed by atoms with Gasteiger partial charge < -0.3 is 4.74 Å². The fourth-order valence-electron chi connectivity index (χ4n) is 3.46. The van der Waals surface area contributed by atoms with Crippen molar-refractivity contribution >= 4 is 11.9 Å². The first-order valence-electron chi connectivity index (χ1n) is 5.80. The van der Waals surface area contributed by atoms with Crippen LogP contribution >= 0.6 is 0 Å². The number of rotatable bonds is 0. The maximum atomic E-state index is 11.7. The van der Waals surface area contributed by atoms with E-state index in [1.54, 1.807) is 0 Å². The molecule has 0 spiro atoms. The number of allylic oxidation sites excluding steroid dienone is 2. The van der Waals surface area contributed by atoms with Crippen LogP contribution in [0, 0.1) is 11.8 Å². The van der Waals surface area contributed by atoms with E-state index in [1.807, 2.05) is 36.4 Å². The minimum atomic E-state index is -0.353. The summed E-state index contributed by atoms with van der Waals surface area (Å²) in [5, 5.41) is 0. The highest BCUT2D eigenvalue weighted by atomic mass is 16.6. The number of hydrogen-bond donors (Lipinski definition) is 0. The molecule has 0 radical (unpaired) electrons. The van der Waals surface area contributed by atoms with Crippen molar-refractivity contribution in [2.24, 2.45) is 11.8 Å². The SMILES string of the molecule is O=C1OC(=O)[C@H]2[C@@H]1[C@H]1C=C[C@@H]2c2ccccc21. The van der Waals surface area contributed by atoms with Crippen LogP contribution in [0.25, 0.3) is 0 Å². The summed E-state index contributed by atoms with van der Waals surface area (Å²) in [6.07, 6.45) is 4.10. The highest BCUT2D eigenvalue weighted by Gasteiger charge is 2.56. The van der Waals surface area contributed by atoms with Crippen LogP contribution in [0.5, 0.6) is 0 Å². The van der Waals surface area contributed by atoms with E-state index in [9.17, 15) is 9.59 Å². The predicted molar refractivity (Wildman–Crippen MR) is 59.1 cm³/mol. The van der Waals surface area contributed by atoms with Gasteiger partial charge in [-0.05, 0) is 11.1 Å². The van der Waals surface area contributed by atoms with E-state index in [2.05, 4.69) is 0 Å². The number of carbonyl (C=O) groups is 2. The number of carbonyl (C=O) groups excluding carboxylic acids is 2. The second-order valence-electron chi connectivity index (χ2n) is 4.86. The van der Waals surface area contributed by atoms with Gasteiger partial charge in [-0.25, -0.2) is 0 Å². The quantitative estimate of drug-likeness (QED) is 0.384. The number of hydrogen-bond acceptors (Lipinski definition) is 3. The Labute approximate surface area is 98.1 Å². The third-order valence-electron chi connectivity index (χ3n) is 4.15. The smallest absolute Gasteiger partial charge is 0.318 e. The Morgan fingerprint density at radius 1 is 0.824 bits per heavy atom. The molecule has 1 aromatic rings. The molecule has 0 amide bonds. The first-order valence-corrected chi connectivity index (χ1v) is 5.80. The van der Waals surface area contributed by atoms with Gasteiger partial charge in [-0.2, -0.15) is 0 Å². The molecule has 0 saturated carbocycles. The van der Waals surface area contributed by atoms with Gasteiger partial charge in [0.2, 0.25) is 0 Å². The van der Waals surface area contributed by atoms with Crippen molar-refractivity contribution in [1.29, 1.82) is 0 Å². The average molecular weight is 226 g/mol. The van der Waals surface area contributed by atoms with Crippen molar-refractivity contribution in [3.63, 3.8) is 0 Å². The Kier molecular flexibility index (Phi) is 1.54. The number of cyclic esters (lactones) is 2. The van der Waals surface area contributed by atoms with E-state index < -0.39 is 0 Å². The minimum absolute atomic E-state index is 0.0140. The van der Waals surface area contributed by atoms with Crippen LogP contribution in [0.2, 0.25) is 0 Å². The summed E-state index contributed by atoms with van der Waals surface area (Å²) in [4.78, 5) is 23.5. The lowest BCUT2D eigenvalue weighted by molar-refractivity contribution is -0.153. The molecule has 1 saturated heterocycles. The first-order chi connectivity index (χ1) is 8.27. The van der Waals surface area contributed by atoms with Crippen molar-refractivity contribution in [2.75, 3.05) is 0 Å². The van der Waals surface area contributed by atoms with Crippen LogP contribution in [0.4, 0.5) is 0 Å². The molecule has 0 aromatic heterocycles. The minimum Gasteiger partial charge on any atom is -0.393 e. The van der Waals surface area contributed by atoms with Gasteiger partial charge in [0.05, 0.1) is 11.8 Å². The van der Waals surface area contributed by atoms with Gasteiger partial charge in [0.15, 0.2) is 0 Å². The van der Waals surface area contributed by atoms with Gasteiger partial charge in [0.1, 0.15) is 0 Å². The van der Waals surface area contributed by atoms with Crippen molar-refractivity contribution in [1.82, 2.24) is 0 Å². The maximum absolute atomic E-state index is 11.7. The molecule has 17 heavy (non-hydrogen) atoms. The molecule has 3 heteroatoms. The lowest BCUT2D eigenvalue weighted by atomic mass is 9.61. The number of esters is 2. The molecular weight excluding hydrogens is 216 g/mol. The van der Waals surface area contributed by atoms with Crippen LogP contribution in [0.1, 0.15) is 23.0 Å². The molecule has 5 rings (SSSR count). The maximum Gasteiger partial charge on any atom is 0.318 e. The van der Waals surface area contributed by atoms with Crippen LogP contribution in [-0.4, -0.2) is 11.9 Å². The predicted octanol–water partition coefficient (Wildman–Crippen LogP) is 1.75. The highest BCUT2D eigenvalue weighted by Crippen LogP contribution is 2.54. The summed E-state index contributed by atoms with van der Waals surface area (Å²) in [6.45, 7) is 0.